The molecule has 0 saturated carbocycles. The number of hydrogen-bond donors (Lipinski definition) is 0. The first-order chi connectivity index (χ1) is 13.8. The molecule has 0 fully saturated rings. The summed E-state index contributed by atoms with van der Waals surface area (Å²) in [4.78, 5) is 0. The first kappa shape index (κ1) is 28.0. The molecular weight excluding hydrogens is 336 g/mol. The van der Waals surface area contributed by atoms with Crippen molar-refractivity contribution in [1.82, 2.24) is 0 Å². The van der Waals surface area contributed by atoms with E-state index in [0.29, 0.717) is 0 Å². The van der Waals surface area contributed by atoms with E-state index in [1.54, 1.807) is 0 Å². The summed E-state index contributed by atoms with van der Waals surface area (Å²) in [5.74, 6) is 1.02. The number of rotatable bonds is 24. The normalized spacial score (nSPS) is 11.6. The van der Waals surface area contributed by atoms with Crippen LogP contribution < -0.4 is 0 Å². The van der Waals surface area contributed by atoms with Crippen molar-refractivity contribution in [3.8, 4) is 0 Å². The van der Waals surface area contributed by atoms with E-state index in [-0.39, 0.29) is 0 Å². The fourth-order valence-corrected chi connectivity index (χ4v) is 4.53. The van der Waals surface area contributed by atoms with Crippen LogP contribution in [0.15, 0.2) is 0 Å². The molecule has 0 amide bonds. The minimum Gasteiger partial charge on any atom is -0.0654 e. The average molecular weight is 394 g/mol. The van der Waals surface area contributed by atoms with E-state index in [0.717, 1.165) is 12.3 Å². The fourth-order valence-electron chi connectivity index (χ4n) is 4.53. The van der Waals surface area contributed by atoms with Crippen LogP contribution in [-0.4, -0.2) is 0 Å². The van der Waals surface area contributed by atoms with Gasteiger partial charge in [-0.3, -0.25) is 0 Å². The SMILES string of the molecule is [CH2]CCCCCC(CCCCCC)CCCCCCCCCCCCCCC. The summed E-state index contributed by atoms with van der Waals surface area (Å²) in [5.41, 5.74) is 0. The molecule has 0 aliphatic rings. The van der Waals surface area contributed by atoms with Crippen molar-refractivity contribution in [2.24, 2.45) is 5.92 Å². The number of unbranched alkanes of at least 4 members (excludes halogenated alkanes) is 18. The van der Waals surface area contributed by atoms with Crippen molar-refractivity contribution in [3.63, 3.8) is 0 Å². The van der Waals surface area contributed by atoms with Crippen molar-refractivity contribution in [2.45, 2.75) is 168 Å². The van der Waals surface area contributed by atoms with Crippen LogP contribution in [0.2, 0.25) is 0 Å². The van der Waals surface area contributed by atoms with Gasteiger partial charge in [0.05, 0.1) is 0 Å². The van der Waals surface area contributed by atoms with E-state index in [1.807, 2.05) is 0 Å². The smallest absolute Gasteiger partial charge is 0.0414 e. The van der Waals surface area contributed by atoms with Gasteiger partial charge in [-0.25, -0.2) is 0 Å². The Kier molecular flexibility index (Phi) is 25.0. The predicted molar refractivity (Wildman–Crippen MR) is 131 cm³/mol. The molecular formula is C28H57. The maximum atomic E-state index is 3.99. The van der Waals surface area contributed by atoms with Crippen LogP contribution in [0.25, 0.3) is 0 Å². The highest BCUT2D eigenvalue weighted by Crippen LogP contribution is 2.24. The molecule has 1 radical (unpaired) electrons. The lowest BCUT2D eigenvalue weighted by Gasteiger charge is -2.17. The quantitative estimate of drug-likeness (QED) is 0.143. The van der Waals surface area contributed by atoms with Gasteiger partial charge in [-0.2, -0.15) is 0 Å². The lowest BCUT2D eigenvalue weighted by atomic mass is 9.89. The summed E-state index contributed by atoms with van der Waals surface area (Å²) < 4.78 is 0. The maximum Gasteiger partial charge on any atom is -0.0414 e. The van der Waals surface area contributed by atoms with E-state index in [2.05, 4.69) is 20.8 Å². The van der Waals surface area contributed by atoms with Crippen molar-refractivity contribution in [2.75, 3.05) is 0 Å². The van der Waals surface area contributed by atoms with Crippen molar-refractivity contribution >= 4 is 0 Å². The molecule has 1 atom stereocenters. The van der Waals surface area contributed by atoms with E-state index in [9.17, 15) is 0 Å². The molecule has 28 heavy (non-hydrogen) atoms. The van der Waals surface area contributed by atoms with Crippen LogP contribution in [0.1, 0.15) is 168 Å². The summed E-state index contributed by atoms with van der Waals surface area (Å²) in [6.45, 7) is 8.62. The van der Waals surface area contributed by atoms with Crippen LogP contribution in [0.4, 0.5) is 0 Å². The molecule has 0 spiro atoms. The lowest BCUT2D eigenvalue weighted by Crippen LogP contribution is -2.01. The van der Waals surface area contributed by atoms with Crippen molar-refractivity contribution in [1.29, 1.82) is 0 Å². The Labute approximate surface area is 181 Å². The third-order valence-electron chi connectivity index (χ3n) is 6.54. The zero-order valence-electron chi connectivity index (χ0n) is 20.3. The summed E-state index contributed by atoms with van der Waals surface area (Å²) in [6.07, 6.45) is 34.7. The van der Waals surface area contributed by atoms with E-state index in [4.69, 9.17) is 0 Å². The van der Waals surface area contributed by atoms with Crippen LogP contribution in [-0.2, 0) is 0 Å². The molecule has 0 saturated heterocycles. The first-order valence-corrected chi connectivity index (χ1v) is 13.6. The molecule has 0 aliphatic carbocycles. The Morgan fingerprint density at radius 3 is 1.04 bits per heavy atom. The molecule has 0 aromatic carbocycles. The van der Waals surface area contributed by atoms with Gasteiger partial charge < -0.3 is 0 Å². The minimum atomic E-state index is 1.02. The topological polar surface area (TPSA) is 0 Å². The molecule has 0 rings (SSSR count). The number of hydrogen-bond acceptors (Lipinski definition) is 0. The minimum absolute atomic E-state index is 1.02. The lowest BCUT2D eigenvalue weighted by molar-refractivity contribution is 0.367. The zero-order valence-corrected chi connectivity index (χ0v) is 20.3. The largest absolute Gasteiger partial charge is 0.0654 e. The van der Waals surface area contributed by atoms with Gasteiger partial charge in [-0.1, -0.05) is 175 Å². The molecule has 0 aromatic heterocycles. The average Bonchev–Trinajstić information content (AvgIpc) is 2.71. The summed E-state index contributed by atoms with van der Waals surface area (Å²) in [5, 5.41) is 0. The molecule has 0 heteroatoms. The van der Waals surface area contributed by atoms with Crippen LogP contribution in [0, 0.1) is 12.8 Å². The molecule has 0 N–H and O–H groups in total. The Hall–Kier alpha value is 0. The molecule has 0 heterocycles. The summed E-state index contributed by atoms with van der Waals surface area (Å²) in [6, 6.07) is 0. The Bertz CT molecular complexity index is 245. The summed E-state index contributed by atoms with van der Waals surface area (Å²) >= 11 is 0. The Morgan fingerprint density at radius 1 is 0.393 bits per heavy atom. The Morgan fingerprint density at radius 2 is 0.679 bits per heavy atom. The second kappa shape index (κ2) is 25.0. The van der Waals surface area contributed by atoms with Gasteiger partial charge in [-0.05, 0) is 5.92 Å². The van der Waals surface area contributed by atoms with Gasteiger partial charge in [0, 0.05) is 0 Å². The van der Waals surface area contributed by atoms with E-state index in [1.165, 1.54) is 148 Å². The van der Waals surface area contributed by atoms with Gasteiger partial charge >= 0.3 is 0 Å². The molecule has 0 aliphatic heterocycles. The molecule has 0 nitrogen and oxygen atoms in total. The van der Waals surface area contributed by atoms with Gasteiger partial charge in [0.2, 0.25) is 0 Å². The molecule has 0 bridgehead atoms. The van der Waals surface area contributed by atoms with Crippen molar-refractivity contribution in [3.05, 3.63) is 6.92 Å². The highest BCUT2D eigenvalue weighted by atomic mass is 14.1. The van der Waals surface area contributed by atoms with E-state index < -0.39 is 0 Å². The zero-order chi connectivity index (χ0) is 20.5. The Balaban J connectivity index is 3.52. The van der Waals surface area contributed by atoms with E-state index >= 15 is 0 Å². The molecule has 169 valence electrons. The maximum absolute atomic E-state index is 3.99. The second-order valence-electron chi connectivity index (χ2n) is 9.45. The van der Waals surface area contributed by atoms with Gasteiger partial charge in [0.25, 0.3) is 0 Å². The standard InChI is InChI=1S/C28H57/c1-4-7-10-13-14-15-16-17-18-19-20-21-24-27-28(25-22-11-8-5-2)26-23-12-9-6-3/h28H,2,4-27H2,1,3H3. The molecule has 1 unspecified atom stereocenters. The first-order valence-electron chi connectivity index (χ1n) is 13.6. The van der Waals surface area contributed by atoms with Crippen LogP contribution in [0.5, 0.6) is 0 Å². The second-order valence-corrected chi connectivity index (χ2v) is 9.45. The predicted octanol–water partition coefficient (Wildman–Crippen LogP) is 10.8. The highest BCUT2D eigenvalue weighted by molar-refractivity contribution is 4.62. The third-order valence-corrected chi connectivity index (χ3v) is 6.54. The van der Waals surface area contributed by atoms with Gasteiger partial charge in [-0.15, -0.1) is 0 Å². The van der Waals surface area contributed by atoms with Gasteiger partial charge in [0.1, 0.15) is 0 Å². The van der Waals surface area contributed by atoms with Crippen LogP contribution >= 0.6 is 0 Å². The summed E-state index contributed by atoms with van der Waals surface area (Å²) in [7, 11) is 0. The molecule has 0 aromatic rings. The van der Waals surface area contributed by atoms with Crippen molar-refractivity contribution < 1.29 is 0 Å². The van der Waals surface area contributed by atoms with Gasteiger partial charge in [0.15, 0.2) is 0 Å². The monoisotopic (exact) mass is 393 g/mol. The van der Waals surface area contributed by atoms with Crippen LogP contribution in [0.3, 0.4) is 0 Å². The third kappa shape index (κ3) is 22.3. The fraction of sp³-hybridized carbons (Fsp3) is 0.964. The highest BCUT2D eigenvalue weighted by Gasteiger charge is 2.08.